The van der Waals surface area contributed by atoms with Crippen LogP contribution in [0.2, 0.25) is 0 Å². The first kappa shape index (κ1) is 68.6. The van der Waals surface area contributed by atoms with E-state index in [0.717, 1.165) is 16.0 Å². The molecule has 0 saturated carbocycles. The summed E-state index contributed by atoms with van der Waals surface area (Å²) < 4.78 is 6.12. The summed E-state index contributed by atoms with van der Waals surface area (Å²) in [4.78, 5) is 146. The molecule has 466 valence electrons. The van der Waals surface area contributed by atoms with Crippen molar-refractivity contribution in [1.82, 2.24) is 45.4 Å². The van der Waals surface area contributed by atoms with Gasteiger partial charge in [-0.15, -0.1) is 0 Å². The summed E-state index contributed by atoms with van der Waals surface area (Å²) in [6.07, 6.45) is 3.34. The molecule has 20 heteroatoms. The summed E-state index contributed by atoms with van der Waals surface area (Å²) in [5.41, 5.74) is 1.21. The predicted molar refractivity (Wildman–Crippen MR) is 325 cm³/mol. The van der Waals surface area contributed by atoms with Crippen LogP contribution in [0.1, 0.15) is 126 Å². The summed E-state index contributed by atoms with van der Waals surface area (Å²) in [6, 6.07) is 10.1. The van der Waals surface area contributed by atoms with Crippen molar-refractivity contribution in [1.29, 1.82) is 0 Å². The Hall–Kier alpha value is -7.22. The van der Waals surface area contributed by atoms with Crippen LogP contribution in [-0.2, 0) is 60.7 Å². The van der Waals surface area contributed by atoms with Crippen LogP contribution in [0.5, 0.6) is 0 Å². The van der Waals surface area contributed by atoms with Crippen molar-refractivity contribution < 1.29 is 53.0 Å². The molecule has 2 aliphatic heterocycles. The Morgan fingerprint density at radius 1 is 0.588 bits per heavy atom. The molecule has 3 aromatic rings. The van der Waals surface area contributed by atoms with Crippen LogP contribution in [0.15, 0.2) is 79.1 Å². The van der Waals surface area contributed by atoms with E-state index >= 15 is 19.2 Å². The van der Waals surface area contributed by atoms with E-state index in [1.165, 1.54) is 61.6 Å². The van der Waals surface area contributed by atoms with Gasteiger partial charge in [-0.3, -0.25) is 43.3 Å². The van der Waals surface area contributed by atoms with Gasteiger partial charge in [-0.25, -0.2) is 4.79 Å². The molecule has 2 aliphatic rings. The number of cyclic esters (lactones) is 1. The van der Waals surface area contributed by atoms with E-state index in [1.54, 1.807) is 85.1 Å². The summed E-state index contributed by atoms with van der Waals surface area (Å²) in [5, 5.41) is 20.6. The van der Waals surface area contributed by atoms with Crippen molar-refractivity contribution >= 4 is 53.2 Å². The monoisotopic (exact) mass is 1180 g/mol. The number of carbonyl (C=O) groups is 9. The van der Waals surface area contributed by atoms with Gasteiger partial charge in [0.1, 0.15) is 42.3 Å². The Morgan fingerprint density at radius 3 is 1.64 bits per heavy atom. The molecule has 0 radical (unpaired) electrons. The number of nitrogens with zero attached hydrogens (tertiary/aromatic N) is 6. The lowest BCUT2D eigenvalue weighted by atomic mass is 9.93. The quantitative estimate of drug-likeness (QED) is 0.148. The highest BCUT2D eigenvalue weighted by Crippen LogP contribution is 2.28. The molecule has 0 bridgehead atoms. The highest BCUT2D eigenvalue weighted by molar-refractivity contribution is 5.99. The number of benzene rings is 2. The minimum absolute atomic E-state index is 0.00127. The van der Waals surface area contributed by atoms with Gasteiger partial charge in [0.15, 0.2) is 12.1 Å². The number of aromatic nitrogens is 1. The molecule has 3 heterocycles. The number of carbonyl (C=O) groups excluding carboxylic acids is 9. The van der Waals surface area contributed by atoms with Crippen LogP contribution in [-0.4, -0.2) is 183 Å². The Morgan fingerprint density at radius 2 is 1.11 bits per heavy atom. The van der Waals surface area contributed by atoms with Crippen LogP contribution < -0.4 is 16.0 Å². The number of pyridine rings is 1. The summed E-state index contributed by atoms with van der Waals surface area (Å²) in [6.45, 7) is 20.6. The normalized spacial score (nSPS) is 25.4. The summed E-state index contributed by atoms with van der Waals surface area (Å²) in [7, 11) is 5.67. The molecule has 85 heavy (non-hydrogen) atoms. The Kier molecular flexibility index (Phi) is 24.4. The topological polar surface area (TPSA) is 248 Å². The van der Waals surface area contributed by atoms with Gasteiger partial charge in [-0.05, 0) is 97.6 Å². The fraction of sp³-hybridized carbons (Fsp3) is 0.600. The molecular formula is C65H95N9O11. The van der Waals surface area contributed by atoms with Crippen LogP contribution in [0.4, 0.5) is 0 Å². The number of likely N-dealkylation sites (N-methyl/N-ethyl adjacent to an activating group) is 4. The largest absolute Gasteiger partial charge is 0.450 e. The van der Waals surface area contributed by atoms with E-state index in [1.807, 2.05) is 63.2 Å². The van der Waals surface area contributed by atoms with Gasteiger partial charge >= 0.3 is 5.97 Å². The minimum Gasteiger partial charge on any atom is -0.450 e. The first-order chi connectivity index (χ1) is 39.9. The van der Waals surface area contributed by atoms with Crippen molar-refractivity contribution in [3.8, 4) is 11.1 Å². The first-order valence-electron chi connectivity index (χ1n) is 30.2. The van der Waals surface area contributed by atoms with E-state index in [-0.39, 0.29) is 38.1 Å². The fourth-order valence-corrected chi connectivity index (χ4v) is 11.7. The third kappa shape index (κ3) is 17.0. The third-order valence-corrected chi connectivity index (χ3v) is 16.9. The lowest BCUT2D eigenvalue weighted by Gasteiger charge is -2.39. The number of fused-ring (bicyclic) bond motifs is 1. The second-order valence-corrected chi connectivity index (χ2v) is 25.1. The van der Waals surface area contributed by atoms with Gasteiger partial charge in [0.25, 0.3) is 5.91 Å². The maximum Gasteiger partial charge on any atom is 0.332 e. The molecule has 8 amide bonds. The number of amides is 8. The highest BCUT2D eigenvalue weighted by atomic mass is 16.6. The lowest BCUT2D eigenvalue weighted by Crippen LogP contribution is -2.63. The van der Waals surface area contributed by atoms with Crippen molar-refractivity contribution in [2.45, 2.75) is 188 Å². The second kappa shape index (κ2) is 30.2. The molecule has 2 aromatic carbocycles. The predicted octanol–water partition coefficient (Wildman–Crippen LogP) is 5.43. The molecule has 20 nitrogen and oxygen atoms in total. The van der Waals surface area contributed by atoms with Crippen LogP contribution >= 0.6 is 0 Å². The number of ether oxygens (including phenoxy) is 1. The molecule has 2 saturated heterocycles. The number of nitrogens with one attached hydrogen (secondary N) is 3. The average molecular weight is 1180 g/mol. The van der Waals surface area contributed by atoms with Crippen LogP contribution in [0.3, 0.4) is 0 Å². The highest BCUT2D eigenvalue weighted by Gasteiger charge is 2.48. The molecule has 2 fully saturated rings. The number of rotatable bonds is 14. The van der Waals surface area contributed by atoms with Gasteiger partial charge in [0.2, 0.25) is 41.4 Å². The van der Waals surface area contributed by atoms with E-state index in [4.69, 9.17) is 4.74 Å². The van der Waals surface area contributed by atoms with Crippen LogP contribution in [0.25, 0.3) is 11.1 Å². The van der Waals surface area contributed by atoms with Crippen molar-refractivity contribution in [2.75, 3.05) is 34.7 Å². The molecule has 4 N–H and O–H groups in total. The maximum absolute atomic E-state index is 15.6. The average Bonchev–Trinajstić information content (AvgIpc) is 2.85. The molecule has 0 spiro atoms. The molecule has 0 aliphatic carbocycles. The number of esters is 1. The standard InChI is InChI=1S/C65H95N9O11/c1-17-41(9)51-62(81)71(14)52(39(5)6)57(76)67-47(35-38(3)4)60(79)73(16)55(65(11,12)84)64(83)85-54(42(10)18-2)63(82)72(15)53(40(7)8)58(77)68-48(36-43-23-20-19-21-24-43)59(78)70(13)50(61(80)74-34-22-25-49(74)56(75)69-51)37-44-26-28-45(29-27-44)46-30-32-66-33-31-46/h19-21,23-24,26-33,38-42,47-55,84H,17-18,22,25,34-37H2,1-16H3,(H,67,76)(H,68,77)(H,69,75)/t41?,42?,47-,48-,49-,50-,51-,52-,53-,54+,55+/m0/s1. The van der Waals surface area contributed by atoms with Crippen molar-refractivity contribution in [3.05, 3.63) is 90.3 Å². The second-order valence-electron chi connectivity index (χ2n) is 25.1. The third-order valence-electron chi connectivity index (χ3n) is 16.9. The van der Waals surface area contributed by atoms with E-state index in [0.29, 0.717) is 30.4 Å². The Labute approximate surface area is 503 Å². The van der Waals surface area contributed by atoms with Gasteiger partial charge in [0, 0.05) is 65.9 Å². The Bertz CT molecular complexity index is 2790. The molecule has 2 unspecified atom stereocenters. The van der Waals surface area contributed by atoms with Gasteiger partial charge in [-0.2, -0.15) is 0 Å². The Balaban J connectivity index is 1.71. The first-order valence-corrected chi connectivity index (χ1v) is 30.2. The van der Waals surface area contributed by atoms with E-state index in [2.05, 4.69) is 20.9 Å². The van der Waals surface area contributed by atoms with Crippen molar-refractivity contribution in [3.63, 3.8) is 0 Å². The van der Waals surface area contributed by atoms with Crippen LogP contribution in [0, 0.1) is 29.6 Å². The van der Waals surface area contributed by atoms with Crippen molar-refractivity contribution in [2.24, 2.45) is 29.6 Å². The number of aliphatic hydroxyl groups is 1. The van der Waals surface area contributed by atoms with E-state index < -0.39 is 137 Å². The fourth-order valence-electron chi connectivity index (χ4n) is 11.7. The SMILES string of the molecule is CCC(C)[C@@H]1NC(=O)[C@@H]2CCCN2C(=O)[C@H](Cc2ccc(-c3ccncc3)cc2)N(C)C(=O)[C@H](Cc2ccccc2)NC(=O)[C@H](C(C)C)N(C)C(=O)[C@@H](C(C)CC)OC(=O)[C@H](C(C)(C)O)N(C)C(=O)[C@H](CC(C)C)NC(=O)[C@H](C(C)C)N(C)C1=O. The lowest BCUT2D eigenvalue weighted by molar-refractivity contribution is -0.177. The number of hydrogen-bond acceptors (Lipinski definition) is 12. The molecular weight excluding hydrogens is 1080 g/mol. The van der Waals surface area contributed by atoms with E-state index in [9.17, 15) is 29.1 Å². The zero-order valence-corrected chi connectivity index (χ0v) is 53.0. The summed E-state index contributed by atoms with van der Waals surface area (Å²) in [5.74, 6) is -8.80. The zero-order chi connectivity index (χ0) is 63.4. The van der Waals surface area contributed by atoms with Gasteiger partial charge in [-0.1, -0.05) is 130 Å². The summed E-state index contributed by atoms with van der Waals surface area (Å²) >= 11 is 0. The maximum atomic E-state index is 15.6. The molecule has 5 rings (SSSR count). The van der Waals surface area contributed by atoms with Gasteiger partial charge < -0.3 is 50.3 Å². The minimum atomic E-state index is -1.98. The smallest absolute Gasteiger partial charge is 0.332 e. The molecule has 11 atom stereocenters. The van der Waals surface area contributed by atoms with Gasteiger partial charge in [0.05, 0.1) is 5.60 Å². The zero-order valence-electron chi connectivity index (χ0n) is 53.0. The number of hydrogen-bond donors (Lipinski definition) is 4. The molecule has 1 aromatic heterocycles.